The van der Waals surface area contributed by atoms with Gasteiger partial charge in [0, 0.05) is 6.54 Å². The fourth-order valence-corrected chi connectivity index (χ4v) is 2.29. The van der Waals surface area contributed by atoms with E-state index in [1.165, 1.54) is 0 Å². The minimum atomic E-state index is -0.319. The van der Waals surface area contributed by atoms with Crippen molar-refractivity contribution in [1.82, 2.24) is 5.32 Å². The molecule has 3 N–H and O–H groups in total. The molecule has 1 aliphatic carbocycles. The number of carbonyl (C=O) groups excluding carboxylic acids is 1. The van der Waals surface area contributed by atoms with E-state index in [4.69, 9.17) is 22.1 Å². The first kappa shape index (κ1) is 14.2. The third-order valence-electron chi connectivity index (χ3n) is 3.52. The second kappa shape index (κ2) is 5.80. The zero-order valence-electron chi connectivity index (χ0n) is 11.0. The van der Waals surface area contributed by atoms with Gasteiger partial charge in [0.15, 0.2) is 6.61 Å². The molecule has 0 aliphatic heterocycles. The summed E-state index contributed by atoms with van der Waals surface area (Å²) in [4.78, 5) is 11.9. The molecule has 0 spiro atoms. The van der Waals surface area contributed by atoms with Gasteiger partial charge in [-0.3, -0.25) is 4.79 Å². The van der Waals surface area contributed by atoms with Crippen molar-refractivity contribution in [2.75, 3.05) is 13.2 Å². The summed E-state index contributed by atoms with van der Waals surface area (Å²) in [6.07, 6.45) is 2.25. The molecule has 0 bridgehead atoms. The Morgan fingerprint density at radius 2 is 2.21 bits per heavy atom. The molecule has 0 saturated heterocycles. The predicted octanol–water partition coefficient (Wildman–Crippen LogP) is 1.96. The number of carbonyl (C=O) groups is 1. The third kappa shape index (κ3) is 3.61. The molecule has 19 heavy (non-hydrogen) atoms. The number of hydrogen-bond acceptors (Lipinski definition) is 3. The molecular formula is C14H19ClN2O2. The smallest absolute Gasteiger partial charge is 0.258 e. The van der Waals surface area contributed by atoms with E-state index in [0.717, 1.165) is 12.8 Å². The first-order valence-corrected chi connectivity index (χ1v) is 6.81. The molecule has 1 aromatic rings. The van der Waals surface area contributed by atoms with Gasteiger partial charge in [0.2, 0.25) is 0 Å². The van der Waals surface area contributed by atoms with Crippen molar-refractivity contribution in [3.63, 3.8) is 0 Å². The van der Waals surface area contributed by atoms with E-state index in [-0.39, 0.29) is 18.1 Å². The standard InChI is InChI=1S/C14H19ClN2O2/c1-14(9-16,10-6-7-10)17-13(18)8-19-12-5-3-2-4-11(12)15/h2-5,10H,6-9,16H2,1H3,(H,17,18). The van der Waals surface area contributed by atoms with Gasteiger partial charge in [-0.1, -0.05) is 23.7 Å². The van der Waals surface area contributed by atoms with Crippen LogP contribution in [0, 0.1) is 5.92 Å². The number of benzene rings is 1. The number of halogens is 1. The maximum absolute atomic E-state index is 11.9. The van der Waals surface area contributed by atoms with E-state index >= 15 is 0 Å². The summed E-state index contributed by atoms with van der Waals surface area (Å²) >= 11 is 5.95. The van der Waals surface area contributed by atoms with Crippen molar-refractivity contribution in [3.8, 4) is 5.75 Å². The van der Waals surface area contributed by atoms with Gasteiger partial charge >= 0.3 is 0 Å². The van der Waals surface area contributed by atoms with Crippen LogP contribution in [0.2, 0.25) is 5.02 Å². The molecule has 1 saturated carbocycles. The number of para-hydroxylation sites is 1. The van der Waals surface area contributed by atoms with Crippen molar-refractivity contribution in [1.29, 1.82) is 0 Å². The van der Waals surface area contributed by atoms with Gasteiger partial charge in [-0.25, -0.2) is 0 Å². The topological polar surface area (TPSA) is 64.3 Å². The SMILES string of the molecule is CC(CN)(NC(=O)COc1ccccc1Cl)C1CC1. The zero-order chi connectivity index (χ0) is 13.9. The minimum absolute atomic E-state index is 0.0496. The fraction of sp³-hybridized carbons (Fsp3) is 0.500. The largest absolute Gasteiger partial charge is 0.482 e. The second-order valence-corrected chi connectivity index (χ2v) is 5.57. The van der Waals surface area contributed by atoms with E-state index in [1.807, 2.05) is 19.1 Å². The first-order valence-electron chi connectivity index (χ1n) is 6.43. The normalized spacial score (nSPS) is 17.6. The Bertz CT molecular complexity index is 463. The highest BCUT2D eigenvalue weighted by Gasteiger charge is 2.41. The number of nitrogens with one attached hydrogen (secondary N) is 1. The van der Waals surface area contributed by atoms with Crippen LogP contribution in [0.4, 0.5) is 0 Å². The number of ether oxygens (including phenoxy) is 1. The monoisotopic (exact) mass is 282 g/mol. The Morgan fingerprint density at radius 3 is 2.79 bits per heavy atom. The number of rotatable bonds is 6. The molecule has 1 aromatic carbocycles. The van der Waals surface area contributed by atoms with Crippen molar-refractivity contribution >= 4 is 17.5 Å². The van der Waals surface area contributed by atoms with Crippen molar-refractivity contribution in [2.24, 2.45) is 11.7 Å². The molecule has 5 heteroatoms. The molecule has 4 nitrogen and oxygen atoms in total. The average Bonchev–Trinajstić information content (AvgIpc) is 3.22. The van der Waals surface area contributed by atoms with Crippen LogP contribution in [-0.4, -0.2) is 24.6 Å². The first-order chi connectivity index (χ1) is 9.05. The lowest BCUT2D eigenvalue weighted by molar-refractivity contribution is -0.125. The van der Waals surface area contributed by atoms with E-state index < -0.39 is 0 Å². The molecule has 104 valence electrons. The van der Waals surface area contributed by atoms with Gasteiger partial charge in [-0.15, -0.1) is 0 Å². The number of hydrogen-bond donors (Lipinski definition) is 2. The number of amides is 1. The van der Waals surface area contributed by atoms with Gasteiger partial charge in [-0.05, 0) is 37.8 Å². The van der Waals surface area contributed by atoms with E-state index in [2.05, 4.69) is 5.32 Å². The van der Waals surface area contributed by atoms with Crippen LogP contribution in [-0.2, 0) is 4.79 Å². The van der Waals surface area contributed by atoms with Crippen LogP contribution in [0.1, 0.15) is 19.8 Å². The maximum atomic E-state index is 11.9. The van der Waals surface area contributed by atoms with Crippen LogP contribution in [0.5, 0.6) is 5.75 Å². The maximum Gasteiger partial charge on any atom is 0.258 e. The fourth-order valence-electron chi connectivity index (χ4n) is 2.10. The van der Waals surface area contributed by atoms with E-state index in [9.17, 15) is 4.79 Å². The molecule has 1 unspecified atom stereocenters. The summed E-state index contributed by atoms with van der Waals surface area (Å²) in [7, 11) is 0. The Labute approximate surface area is 118 Å². The molecule has 0 heterocycles. The highest BCUT2D eigenvalue weighted by molar-refractivity contribution is 6.32. The molecule has 1 aliphatic rings. The predicted molar refractivity (Wildman–Crippen MR) is 75.3 cm³/mol. The Morgan fingerprint density at radius 1 is 1.53 bits per heavy atom. The lowest BCUT2D eigenvalue weighted by atomic mass is 9.96. The lowest BCUT2D eigenvalue weighted by Crippen LogP contribution is -2.54. The molecule has 0 aromatic heterocycles. The van der Waals surface area contributed by atoms with Gasteiger partial charge in [-0.2, -0.15) is 0 Å². The van der Waals surface area contributed by atoms with Crippen molar-refractivity contribution in [2.45, 2.75) is 25.3 Å². The van der Waals surface area contributed by atoms with Gasteiger partial charge < -0.3 is 15.8 Å². The Kier molecular flexibility index (Phi) is 4.32. The van der Waals surface area contributed by atoms with Gasteiger partial charge in [0.1, 0.15) is 5.75 Å². The summed E-state index contributed by atoms with van der Waals surface area (Å²) in [5.41, 5.74) is 5.43. The Balaban J connectivity index is 1.86. The quantitative estimate of drug-likeness (QED) is 0.838. The molecular weight excluding hydrogens is 264 g/mol. The third-order valence-corrected chi connectivity index (χ3v) is 3.84. The minimum Gasteiger partial charge on any atom is -0.482 e. The van der Waals surface area contributed by atoms with Crippen molar-refractivity contribution < 1.29 is 9.53 Å². The summed E-state index contributed by atoms with van der Waals surface area (Å²) in [6.45, 7) is 2.37. The zero-order valence-corrected chi connectivity index (χ0v) is 11.7. The van der Waals surface area contributed by atoms with Crippen LogP contribution in [0.15, 0.2) is 24.3 Å². The molecule has 1 atom stereocenters. The van der Waals surface area contributed by atoms with Gasteiger partial charge in [0.25, 0.3) is 5.91 Å². The second-order valence-electron chi connectivity index (χ2n) is 5.16. The molecule has 0 radical (unpaired) electrons. The van der Waals surface area contributed by atoms with Crippen LogP contribution in [0.25, 0.3) is 0 Å². The van der Waals surface area contributed by atoms with Crippen LogP contribution in [0.3, 0.4) is 0 Å². The van der Waals surface area contributed by atoms with Crippen LogP contribution < -0.4 is 15.8 Å². The molecule has 2 rings (SSSR count). The lowest BCUT2D eigenvalue weighted by Gasteiger charge is -2.29. The van der Waals surface area contributed by atoms with E-state index in [1.54, 1.807) is 12.1 Å². The summed E-state index contributed by atoms with van der Waals surface area (Å²) < 4.78 is 5.40. The Hall–Kier alpha value is -1.26. The highest BCUT2D eigenvalue weighted by Crippen LogP contribution is 2.38. The summed E-state index contributed by atoms with van der Waals surface area (Å²) in [5, 5.41) is 3.46. The molecule has 1 amide bonds. The summed E-state index contributed by atoms with van der Waals surface area (Å²) in [5.74, 6) is 0.835. The van der Waals surface area contributed by atoms with Crippen LogP contribution >= 0.6 is 11.6 Å². The van der Waals surface area contributed by atoms with Crippen molar-refractivity contribution in [3.05, 3.63) is 29.3 Å². The van der Waals surface area contributed by atoms with Gasteiger partial charge in [0.05, 0.1) is 10.6 Å². The summed E-state index contributed by atoms with van der Waals surface area (Å²) in [6, 6.07) is 7.09. The molecule has 1 fully saturated rings. The van der Waals surface area contributed by atoms with E-state index in [0.29, 0.717) is 23.2 Å². The average molecular weight is 283 g/mol. The number of nitrogens with two attached hydrogens (primary N) is 1. The highest BCUT2D eigenvalue weighted by atomic mass is 35.5.